The molecule has 0 fully saturated rings. The molecule has 0 saturated carbocycles. The minimum atomic E-state index is 0.737. The molecule has 0 saturated heterocycles. The highest BCUT2D eigenvalue weighted by Gasteiger charge is 2.14. The Morgan fingerprint density at radius 3 is 2.92 bits per heavy atom. The fourth-order valence-corrected chi connectivity index (χ4v) is 1.10. The van der Waals surface area contributed by atoms with Crippen LogP contribution in [0.15, 0.2) is 16.9 Å². The SMILES string of the molecule is C#CC[N+](C)(C)CCc1ncco1. The molecule has 70 valence electrons. The zero-order chi connectivity index (χ0) is 9.73. The summed E-state index contributed by atoms with van der Waals surface area (Å²) in [5, 5.41) is 0. The van der Waals surface area contributed by atoms with Crippen LogP contribution >= 0.6 is 0 Å². The summed E-state index contributed by atoms with van der Waals surface area (Å²) in [7, 11) is 4.20. The second kappa shape index (κ2) is 4.11. The van der Waals surface area contributed by atoms with Crippen molar-refractivity contribution in [3.05, 3.63) is 18.4 Å². The topological polar surface area (TPSA) is 26.0 Å². The second-order valence-electron chi connectivity index (χ2n) is 3.70. The molecule has 0 radical (unpaired) electrons. The minimum absolute atomic E-state index is 0.737. The molecule has 1 aromatic rings. The maximum absolute atomic E-state index is 5.26. The number of quaternary nitrogens is 1. The first kappa shape index (κ1) is 9.82. The number of terminal acetylenes is 1. The predicted molar refractivity (Wildman–Crippen MR) is 50.9 cm³/mol. The van der Waals surface area contributed by atoms with E-state index in [4.69, 9.17) is 10.8 Å². The number of rotatable bonds is 4. The van der Waals surface area contributed by atoms with Crippen molar-refractivity contribution in [2.24, 2.45) is 0 Å². The van der Waals surface area contributed by atoms with Crippen LogP contribution < -0.4 is 0 Å². The van der Waals surface area contributed by atoms with Gasteiger partial charge in [0.1, 0.15) is 12.8 Å². The summed E-state index contributed by atoms with van der Waals surface area (Å²) in [6, 6.07) is 0. The lowest BCUT2D eigenvalue weighted by Gasteiger charge is -2.26. The monoisotopic (exact) mass is 179 g/mol. The summed E-state index contributed by atoms with van der Waals surface area (Å²) in [4.78, 5) is 4.05. The minimum Gasteiger partial charge on any atom is -0.449 e. The van der Waals surface area contributed by atoms with Crippen LogP contribution in [-0.4, -0.2) is 36.7 Å². The molecule has 1 heterocycles. The van der Waals surface area contributed by atoms with E-state index >= 15 is 0 Å². The average molecular weight is 179 g/mol. The van der Waals surface area contributed by atoms with Crippen molar-refractivity contribution in [1.82, 2.24) is 4.98 Å². The summed E-state index contributed by atoms with van der Waals surface area (Å²) in [6.45, 7) is 1.69. The molecule has 1 rings (SSSR count). The summed E-state index contributed by atoms with van der Waals surface area (Å²) in [5.41, 5.74) is 0. The molecule has 0 unspecified atom stereocenters. The van der Waals surface area contributed by atoms with Crippen LogP contribution in [0.2, 0.25) is 0 Å². The molecule has 0 aliphatic rings. The van der Waals surface area contributed by atoms with Crippen LogP contribution in [0.3, 0.4) is 0 Å². The zero-order valence-electron chi connectivity index (χ0n) is 8.16. The van der Waals surface area contributed by atoms with Crippen LogP contribution in [0.25, 0.3) is 0 Å². The van der Waals surface area contributed by atoms with E-state index in [1.165, 1.54) is 0 Å². The molecule has 0 atom stereocenters. The third-order valence-electron chi connectivity index (χ3n) is 1.93. The lowest BCUT2D eigenvalue weighted by molar-refractivity contribution is -0.883. The van der Waals surface area contributed by atoms with Gasteiger partial charge in [-0.2, -0.15) is 0 Å². The molecule has 0 amide bonds. The number of nitrogens with zero attached hydrogens (tertiary/aromatic N) is 2. The smallest absolute Gasteiger partial charge is 0.199 e. The Labute approximate surface area is 79.0 Å². The Balaban J connectivity index is 2.38. The van der Waals surface area contributed by atoms with Crippen molar-refractivity contribution in [3.63, 3.8) is 0 Å². The first-order chi connectivity index (χ1) is 6.14. The van der Waals surface area contributed by atoms with E-state index in [1.54, 1.807) is 12.5 Å². The normalized spacial score (nSPS) is 11.2. The van der Waals surface area contributed by atoms with E-state index in [0.29, 0.717) is 0 Å². The van der Waals surface area contributed by atoms with Crippen LogP contribution in [0.1, 0.15) is 5.89 Å². The third kappa shape index (κ3) is 3.30. The van der Waals surface area contributed by atoms with Gasteiger partial charge >= 0.3 is 0 Å². The molecule has 0 bridgehead atoms. The molecule has 0 aliphatic heterocycles. The van der Waals surface area contributed by atoms with E-state index < -0.39 is 0 Å². The molecule has 0 spiro atoms. The van der Waals surface area contributed by atoms with Crippen LogP contribution in [0.4, 0.5) is 0 Å². The number of aromatic nitrogens is 1. The number of likely N-dealkylation sites (N-methyl/N-ethyl adjacent to an activating group) is 1. The van der Waals surface area contributed by atoms with Crippen molar-refractivity contribution >= 4 is 0 Å². The van der Waals surface area contributed by atoms with Crippen molar-refractivity contribution in [1.29, 1.82) is 0 Å². The van der Waals surface area contributed by atoms with Gasteiger partial charge in [-0.05, 0) is 5.92 Å². The van der Waals surface area contributed by atoms with Gasteiger partial charge < -0.3 is 8.90 Å². The van der Waals surface area contributed by atoms with Gasteiger partial charge in [-0.1, -0.05) is 0 Å². The summed E-state index contributed by atoms with van der Waals surface area (Å²) >= 11 is 0. The Hall–Kier alpha value is -1.27. The summed E-state index contributed by atoms with van der Waals surface area (Å²) in [5.74, 6) is 3.44. The van der Waals surface area contributed by atoms with Gasteiger partial charge in [-0.25, -0.2) is 4.98 Å². The lowest BCUT2D eigenvalue weighted by atomic mass is 10.3. The average Bonchev–Trinajstić information content (AvgIpc) is 2.52. The van der Waals surface area contributed by atoms with Gasteiger partial charge in [0.2, 0.25) is 0 Å². The number of hydrogen-bond donors (Lipinski definition) is 0. The Morgan fingerprint density at radius 1 is 1.62 bits per heavy atom. The fraction of sp³-hybridized carbons (Fsp3) is 0.500. The highest BCUT2D eigenvalue weighted by molar-refractivity contribution is 4.84. The molecule has 3 nitrogen and oxygen atoms in total. The van der Waals surface area contributed by atoms with Crippen molar-refractivity contribution in [2.45, 2.75) is 6.42 Å². The van der Waals surface area contributed by atoms with Crippen molar-refractivity contribution in [3.8, 4) is 12.3 Å². The first-order valence-electron chi connectivity index (χ1n) is 4.28. The lowest BCUT2D eigenvalue weighted by Crippen LogP contribution is -2.41. The molecule has 13 heavy (non-hydrogen) atoms. The molecule has 0 N–H and O–H groups in total. The van der Waals surface area contributed by atoms with Crippen LogP contribution in [0, 0.1) is 12.3 Å². The molecule has 3 heteroatoms. The van der Waals surface area contributed by atoms with Crippen molar-refractivity contribution < 1.29 is 8.90 Å². The fourth-order valence-electron chi connectivity index (χ4n) is 1.10. The maximum atomic E-state index is 5.26. The highest BCUT2D eigenvalue weighted by Crippen LogP contribution is 2.01. The van der Waals surface area contributed by atoms with Gasteiger partial charge in [0.25, 0.3) is 0 Å². The quantitative estimate of drug-likeness (QED) is 0.507. The summed E-state index contributed by atoms with van der Waals surface area (Å²) in [6.07, 6.45) is 9.35. The van der Waals surface area contributed by atoms with Gasteiger partial charge in [-0.3, -0.25) is 0 Å². The molecule has 0 aromatic carbocycles. The Kier molecular flexibility index (Phi) is 3.10. The maximum Gasteiger partial charge on any atom is 0.199 e. The van der Waals surface area contributed by atoms with E-state index in [0.717, 1.165) is 29.9 Å². The van der Waals surface area contributed by atoms with E-state index in [9.17, 15) is 0 Å². The Morgan fingerprint density at radius 2 is 2.38 bits per heavy atom. The highest BCUT2D eigenvalue weighted by atomic mass is 16.3. The van der Waals surface area contributed by atoms with E-state index in [-0.39, 0.29) is 0 Å². The largest absolute Gasteiger partial charge is 0.449 e. The van der Waals surface area contributed by atoms with E-state index in [1.807, 2.05) is 0 Å². The standard InChI is InChI=1S/C10H15N2O/c1-4-7-12(2,3)8-5-10-11-6-9-13-10/h1,6,9H,5,7-8H2,2-3H3/q+1. The van der Waals surface area contributed by atoms with E-state index in [2.05, 4.69) is 25.0 Å². The number of oxazole rings is 1. The zero-order valence-corrected chi connectivity index (χ0v) is 8.16. The third-order valence-corrected chi connectivity index (χ3v) is 1.93. The predicted octanol–water partition coefficient (Wildman–Crippen LogP) is 0.927. The second-order valence-corrected chi connectivity index (χ2v) is 3.70. The number of hydrogen-bond acceptors (Lipinski definition) is 2. The van der Waals surface area contributed by atoms with Gasteiger partial charge in [0, 0.05) is 0 Å². The molecule has 0 aliphatic carbocycles. The van der Waals surface area contributed by atoms with Crippen molar-refractivity contribution in [2.75, 3.05) is 27.2 Å². The first-order valence-corrected chi connectivity index (χ1v) is 4.28. The van der Waals surface area contributed by atoms with Gasteiger partial charge in [-0.15, -0.1) is 6.42 Å². The molecular formula is C10H15N2O+. The van der Waals surface area contributed by atoms with Crippen LogP contribution in [0.5, 0.6) is 0 Å². The van der Waals surface area contributed by atoms with Gasteiger partial charge in [0.15, 0.2) is 5.89 Å². The van der Waals surface area contributed by atoms with Gasteiger partial charge in [0.05, 0.1) is 33.3 Å². The Bertz CT molecular complexity index is 282. The van der Waals surface area contributed by atoms with Crippen LogP contribution in [-0.2, 0) is 6.42 Å². The molecular weight excluding hydrogens is 164 g/mol. The molecule has 1 aromatic heterocycles. The summed E-state index contributed by atoms with van der Waals surface area (Å²) < 4.78 is 5.94.